The number of aryl methyl sites for hydroxylation is 1. The smallest absolute Gasteiger partial charge is 0.329 e. The number of carboxylic acids is 1. The van der Waals surface area contributed by atoms with Gasteiger partial charge in [-0.15, -0.1) is 0 Å². The Morgan fingerprint density at radius 2 is 1.68 bits per heavy atom. The number of fused-ring (bicyclic) bond motifs is 1. The third kappa shape index (κ3) is 3.87. The molecule has 0 radical (unpaired) electrons. The first-order chi connectivity index (χ1) is 13.6. The molecule has 0 atom stereocenters. The number of carbonyl (C=O) groups is 2. The molecule has 0 bridgehead atoms. The van der Waals surface area contributed by atoms with E-state index in [4.69, 9.17) is 5.11 Å². The van der Waals surface area contributed by atoms with E-state index >= 15 is 0 Å². The van der Waals surface area contributed by atoms with Crippen LogP contribution >= 0.6 is 0 Å². The number of aliphatic carboxylic acids is 1. The summed E-state index contributed by atoms with van der Waals surface area (Å²) in [6.45, 7) is 3.25. The highest BCUT2D eigenvalue weighted by molar-refractivity contribution is 6.06. The first-order valence-electron chi connectivity index (χ1n) is 9.84. The van der Waals surface area contributed by atoms with Crippen LogP contribution < -0.4 is 15.1 Å². The summed E-state index contributed by atoms with van der Waals surface area (Å²) in [7, 11) is 0. The van der Waals surface area contributed by atoms with E-state index in [1.807, 2.05) is 29.2 Å². The lowest BCUT2D eigenvalue weighted by atomic mass is 10.0. The van der Waals surface area contributed by atoms with Crippen LogP contribution in [0.1, 0.15) is 23.1 Å². The van der Waals surface area contributed by atoms with Gasteiger partial charge in [0.15, 0.2) is 0 Å². The Morgan fingerprint density at radius 1 is 0.964 bits per heavy atom. The normalized spacial score (nSPS) is 16.8. The Hall–Kier alpha value is -2.86. The fourth-order valence-electron chi connectivity index (χ4n) is 3.98. The van der Waals surface area contributed by atoms with E-state index in [2.05, 4.69) is 23.5 Å². The minimum Gasteiger partial charge on any atom is -0.481 e. The first-order valence-corrected chi connectivity index (χ1v) is 9.84. The van der Waals surface area contributed by atoms with Crippen molar-refractivity contribution in [2.45, 2.75) is 25.7 Å². The van der Waals surface area contributed by atoms with Crippen LogP contribution in [0.15, 0.2) is 42.5 Å². The molecule has 2 amide bonds. The summed E-state index contributed by atoms with van der Waals surface area (Å²) in [5.74, 6) is -0.813. The zero-order chi connectivity index (χ0) is 19.5. The SMILES string of the molecule is O=C(O)CCc1cccc(N2CCN(c3ccc4c(c3)CCNCC4)C2=O)c1. The van der Waals surface area contributed by atoms with Crippen LogP contribution in [0, 0.1) is 0 Å². The van der Waals surface area contributed by atoms with Crippen molar-refractivity contribution in [1.82, 2.24) is 5.32 Å². The first kappa shape index (κ1) is 18.5. The third-order valence-electron chi connectivity index (χ3n) is 5.50. The number of rotatable bonds is 5. The van der Waals surface area contributed by atoms with Crippen LogP contribution in [-0.4, -0.2) is 43.3 Å². The largest absolute Gasteiger partial charge is 0.481 e. The van der Waals surface area contributed by atoms with E-state index < -0.39 is 5.97 Å². The molecular weight excluding hydrogens is 354 g/mol. The molecule has 0 saturated carbocycles. The number of benzene rings is 2. The number of amides is 2. The Bertz CT molecular complexity index is 896. The number of nitrogens with zero attached hydrogens (tertiary/aromatic N) is 2. The number of nitrogens with one attached hydrogen (secondary N) is 1. The van der Waals surface area contributed by atoms with Gasteiger partial charge in [-0.25, -0.2) is 4.79 Å². The molecule has 146 valence electrons. The highest BCUT2D eigenvalue weighted by Crippen LogP contribution is 2.28. The van der Waals surface area contributed by atoms with Crippen molar-refractivity contribution in [3.8, 4) is 0 Å². The van der Waals surface area contributed by atoms with Crippen molar-refractivity contribution >= 4 is 23.4 Å². The second-order valence-electron chi connectivity index (χ2n) is 7.35. The van der Waals surface area contributed by atoms with Crippen molar-refractivity contribution in [2.24, 2.45) is 0 Å². The van der Waals surface area contributed by atoms with E-state index in [9.17, 15) is 9.59 Å². The van der Waals surface area contributed by atoms with Gasteiger partial charge in [0.2, 0.25) is 0 Å². The van der Waals surface area contributed by atoms with Gasteiger partial charge in [0.25, 0.3) is 0 Å². The second kappa shape index (κ2) is 8.02. The van der Waals surface area contributed by atoms with Crippen molar-refractivity contribution in [3.05, 3.63) is 59.2 Å². The molecule has 4 rings (SSSR count). The van der Waals surface area contributed by atoms with E-state index in [1.54, 1.807) is 4.90 Å². The number of urea groups is 1. The van der Waals surface area contributed by atoms with Crippen LogP contribution in [-0.2, 0) is 24.1 Å². The monoisotopic (exact) mass is 379 g/mol. The summed E-state index contributed by atoms with van der Waals surface area (Å²) in [5.41, 5.74) is 5.40. The maximum Gasteiger partial charge on any atom is 0.329 e. The van der Waals surface area contributed by atoms with Gasteiger partial charge < -0.3 is 10.4 Å². The third-order valence-corrected chi connectivity index (χ3v) is 5.50. The summed E-state index contributed by atoms with van der Waals surface area (Å²) in [5, 5.41) is 12.3. The predicted octanol–water partition coefficient (Wildman–Crippen LogP) is 2.84. The average Bonchev–Trinajstić information content (AvgIpc) is 2.93. The van der Waals surface area contributed by atoms with Crippen LogP contribution in [0.2, 0.25) is 0 Å². The zero-order valence-corrected chi connectivity index (χ0v) is 15.9. The van der Waals surface area contributed by atoms with Gasteiger partial charge in [0, 0.05) is 30.9 Å². The molecule has 2 heterocycles. The maximum atomic E-state index is 13.1. The van der Waals surface area contributed by atoms with Crippen LogP contribution in [0.5, 0.6) is 0 Å². The molecule has 2 aliphatic rings. The van der Waals surface area contributed by atoms with Gasteiger partial charge in [-0.05, 0) is 73.3 Å². The van der Waals surface area contributed by atoms with Gasteiger partial charge in [-0.2, -0.15) is 0 Å². The fourth-order valence-corrected chi connectivity index (χ4v) is 3.98. The summed E-state index contributed by atoms with van der Waals surface area (Å²) >= 11 is 0. The molecule has 28 heavy (non-hydrogen) atoms. The highest BCUT2D eigenvalue weighted by Gasteiger charge is 2.31. The van der Waals surface area contributed by atoms with Gasteiger partial charge >= 0.3 is 12.0 Å². The van der Waals surface area contributed by atoms with Gasteiger partial charge in [0.1, 0.15) is 0 Å². The zero-order valence-electron chi connectivity index (χ0n) is 15.9. The molecule has 0 spiro atoms. The molecule has 6 nitrogen and oxygen atoms in total. The predicted molar refractivity (Wildman–Crippen MR) is 109 cm³/mol. The number of anilines is 2. The molecule has 0 aliphatic carbocycles. The van der Waals surface area contributed by atoms with Gasteiger partial charge in [-0.1, -0.05) is 18.2 Å². The number of carbonyl (C=O) groups excluding carboxylic acids is 1. The molecule has 6 heteroatoms. The van der Waals surface area contributed by atoms with Crippen molar-refractivity contribution in [1.29, 1.82) is 0 Å². The maximum absolute atomic E-state index is 13.1. The Labute approximate surface area is 164 Å². The Kier molecular flexibility index (Phi) is 5.30. The lowest BCUT2D eigenvalue weighted by Crippen LogP contribution is -2.31. The lowest BCUT2D eigenvalue weighted by Gasteiger charge is -2.20. The van der Waals surface area contributed by atoms with E-state index in [0.29, 0.717) is 19.5 Å². The number of hydrogen-bond donors (Lipinski definition) is 2. The Balaban J connectivity index is 1.52. The van der Waals surface area contributed by atoms with Gasteiger partial charge in [0.05, 0.1) is 0 Å². The molecule has 2 aromatic rings. The lowest BCUT2D eigenvalue weighted by molar-refractivity contribution is -0.136. The standard InChI is InChI=1S/C22H25N3O3/c26-21(27)7-4-16-2-1-3-19(14-16)24-12-13-25(22(24)28)20-6-5-17-8-10-23-11-9-18(17)15-20/h1-3,5-6,14-15,23H,4,7-13H2,(H,26,27). The number of hydrogen-bond acceptors (Lipinski definition) is 3. The molecule has 2 aliphatic heterocycles. The molecule has 1 fully saturated rings. The Morgan fingerprint density at radius 3 is 2.43 bits per heavy atom. The molecule has 0 aromatic heterocycles. The fraction of sp³-hybridized carbons (Fsp3) is 0.364. The second-order valence-corrected chi connectivity index (χ2v) is 7.35. The van der Waals surface area contributed by atoms with Gasteiger partial charge in [-0.3, -0.25) is 14.6 Å². The quantitative estimate of drug-likeness (QED) is 0.838. The van der Waals surface area contributed by atoms with Crippen LogP contribution in [0.3, 0.4) is 0 Å². The summed E-state index contributed by atoms with van der Waals surface area (Å²) in [6, 6.07) is 14.0. The minimum atomic E-state index is -0.813. The van der Waals surface area contributed by atoms with Crippen molar-refractivity contribution in [3.63, 3.8) is 0 Å². The molecule has 2 aromatic carbocycles. The van der Waals surface area contributed by atoms with Crippen molar-refractivity contribution < 1.29 is 14.7 Å². The topological polar surface area (TPSA) is 72.9 Å². The molecule has 1 saturated heterocycles. The summed E-state index contributed by atoms with van der Waals surface area (Å²) in [4.78, 5) is 27.5. The average molecular weight is 379 g/mol. The molecular formula is C22H25N3O3. The highest BCUT2D eigenvalue weighted by atomic mass is 16.4. The van der Waals surface area contributed by atoms with E-state index in [-0.39, 0.29) is 12.5 Å². The van der Waals surface area contributed by atoms with Crippen molar-refractivity contribution in [2.75, 3.05) is 36.0 Å². The summed E-state index contributed by atoms with van der Waals surface area (Å²) < 4.78 is 0. The van der Waals surface area contributed by atoms with E-state index in [1.165, 1.54) is 11.1 Å². The summed E-state index contributed by atoms with van der Waals surface area (Å²) in [6.07, 6.45) is 2.57. The van der Waals surface area contributed by atoms with Crippen LogP contribution in [0.4, 0.5) is 16.2 Å². The molecule has 2 N–H and O–H groups in total. The minimum absolute atomic E-state index is 0.0259. The van der Waals surface area contributed by atoms with E-state index in [0.717, 1.165) is 42.9 Å². The molecule has 0 unspecified atom stereocenters. The van der Waals surface area contributed by atoms with Crippen LogP contribution in [0.25, 0.3) is 0 Å². The number of carboxylic acid groups (broad SMARTS) is 1.